The van der Waals surface area contributed by atoms with Crippen molar-refractivity contribution in [2.45, 2.75) is 25.8 Å². The van der Waals surface area contributed by atoms with Crippen molar-refractivity contribution < 1.29 is 4.79 Å². The molecule has 1 atom stereocenters. The molecule has 0 bridgehead atoms. The van der Waals surface area contributed by atoms with Gasteiger partial charge in [0.05, 0.1) is 5.56 Å². The minimum absolute atomic E-state index is 0.0825. The Morgan fingerprint density at radius 3 is 2.95 bits per heavy atom. The lowest BCUT2D eigenvalue weighted by Crippen LogP contribution is -2.42. The van der Waals surface area contributed by atoms with Gasteiger partial charge in [0, 0.05) is 28.6 Å². The third-order valence-electron chi connectivity index (χ3n) is 3.36. The first-order valence-electron chi connectivity index (χ1n) is 6.60. The van der Waals surface area contributed by atoms with Gasteiger partial charge < -0.3 is 10.2 Å². The molecule has 2 rings (SSSR count). The zero-order valence-corrected chi connectivity index (χ0v) is 13.3. The number of carbonyl (C=O) groups excluding carboxylic acids is 1. The highest BCUT2D eigenvalue weighted by atomic mass is 79.9. The lowest BCUT2D eigenvalue weighted by atomic mass is 10.1. The number of halogens is 2. The molecule has 1 aromatic rings. The summed E-state index contributed by atoms with van der Waals surface area (Å²) in [5.74, 6) is 0.0825. The second kappa shape index (κ2) is 6.73. The van der Waals surface area contributed by atoms with Crippen LogP contribution in [0.4, 0.5) is 0 Å². The first-order valence-corrected chi connectivity index (χ1v) is 7.77. The molecule has 1 aliphatic rings. The van der Waals surface area contributed by atoms with Gasteiger partial charge in [-0.05, 0) is 53.5 Å². The molecule has 0 saturated carbocycles. The summed E-state index contributed by atoms with van der Waals surface area (Å²) in [6.07, 6.45) is 1.99. The predicted octanol–water partition coefficient (Wildman–Crippen LogP) is 3.32. The summed E-state index contributed by atoms with van der Waals surface area (Å²) in [4.78, 5) is 14.7. The Kier molecular flexibility index (Phi) is 5.25. The molecular formula is C14H18BrClN2O. The molecule has 1 fully saturated rings. The molecule has 0 spiro atoms. The molecule has 1 unspecified atom stereocenters. The molecule has 0 aromatic heterocycles. The van der Waals surface area contributed by atoms with E-state index < -0.39 is 0 Å². The SMILES string of the molecule is CCCN(C(=O)c1ccc(Cl)cc1Br)C1CCNC1. The van der Waals surface area contributed by atoms with Crippen molar-refractivity contribution in [1.29, 1.82) is 0 Å². The van der Waals surface area contributed by atoms with Crippen LogP contribution >= 0.6 is 27.5 Å². The molecule has 0 aliphatic carbocycles. The van der Waals surface area contributed by atoms with Crippen molar-refractivity contribution in [2.75, 3.05) is 19.6 Å². The van der Waals surface area contributed by atoms with Gasteiger partial charge in [-0.15, -0.1) is 0 Å². The van der Waals surface area contributed by atoms with Crippen molar-refractivity contribution >= 4 is 33.4 Å². The number of carbonyl (C=O) groups is 1. The molecule has 5 heteroatoms. The molecule has 3 nitrogen and oxygen atoms in total. The maximum atomic E-state index is 12.7. The van der Waals surface area contributed by atoms with Crippen LogP contribution in [0.15, 0.2) is 22.7 Å². The molecule has 1 amide bonds. The zero-order valence-electron chi connectivity index (χ0n) is 11.0. The Labute approximate surface area is 127 Å². The fourth-order valence-electron chi connectivity index (χ4n) is 2.41. The molecule has 1 heterocycles. The van der Waals surface area contributed by atoms with Crippen LogP contribution < -0.4 is 5.32 Å². The smallest absolute Gasteiger partial charge is 0.255 e. The van der Waals surface area contributed by atoms with E-state index in [2.05, 4.69) is 28.2 Å². The molecule has 1 saturated heterocycles. The second-order valence-corrected chi connectivity index (χ2v) is 6.06. The van der Waals surface area contributed by atoms with Crippen molar-refractivity contribution in [3.8, 4) is 0 Å². The molecule has 19 heavy (non-hydrogen) atoms. The highest BCUT2D eigenvalue weighted by molar-refractivity contribution is 9.10. The summed E-state index contributed by atoms with van der Waals surface area (Å²) in [7, 11) is 0. The van der Waals surface area contributed by atoms with Gasteiger partial charge in [-0.2, -0.15) is 0 Å². The van der Waals surface area contributed by atoms with Crippen LogP contribution in [0.5, 0.6) is 0 Å². The van der Waals surface area contributed by atoms with Crippen LogP contribution in [0.25, 0.3) is 0 Å². The van der Waals surface area contributed by atoms with Crippen LogP contribution in [-0.4, -0.2) is 36.5 Å². The van der Waals surface area contributed by atoms with E-state index in [0.717, 1.165) is 36.9 Å². The van der Waals surface area contributed by atoms with Gasteiger partial charge in [0.2, 0.25) is 0 Å². The maximum absolute atomic E-state index is 12.7. The van der Waals surface area contributed by atoms with E-state index in [-0.39, 0.29) is 5.91 Å². The van der Waals surface area contributed by atoms with Crippen LogP contribution in [0, 0.1) is 0 Å². The maximum Gasteiger partial charge on any atom is 0.255 e. The standard InChI is InChI=1S/C14H18BrClN2O/c1-2-7-18(11-5-6-17-9-11)14(19)12-4-3-10(16)8-13(12)15/h3-4,8,11,17H,2,5-7,9H2,1H3. The summed E-state index contributed by atoms with van der Waals surface area (Å²) in [6, 6.07) is 5.62. The van der Waals surface area contributed by atoms with Gasteiger partial charge >= 0.3 is 0 Å². The Morgan fingerprint density at radius 2 is 2.37 bits per heavy atom. The molecule has 104 valence electrons. The third kappa shape index (κ3) is 3.50. The molecule has 1 N–H and O–H groups in total. The predicted molar refractivity (Wildman–Crippen MR) is 81.8 cm³/mol. The molecule has 1 aromatic carbocycles. The van der Waals surface area contributed by atoms with E-state index in [4.69, 9.17) is 11.6 Å². The van der Waals surface area contributed by atoms with Crippen molar-refractivity contribution in [2.24, 2.45) is 0 Å². The highest BCUT2D eigenvalue weighted by Crippen LogP contribution is 2.24. The van der Waals surface area contributed by atoms with Gasteiger partial charge in [0.1, 0.15) is 0 Å². The van der Waals surface area contributed by atoms with E-state index in [1.807, 2.05) is 4.90 Å². The average Bonchev–Trinajstić information content (AvgIpc) is 2.89. The Morgan fingerprint density at radius 1 is 1.58 bits per heavy atom. The number of amides is 1. The van der Waals surface area contributed by atoms with E-state index in [1.165, 1.54) is 0 Å². The largest absolute Gasteiger partial charge is 0.334 e. The summed E-state index contributed by atoms with van der Waals surface area (Å²) < 4.78 is 0.761. The van der Waals surface area contributed by atoms with Gasteiger partial charge in [-0.1, -0.05) is 18.5 Å². The van der Waals surface area contributed by atoms with Crippen LogP contribution in [0.3, 0.4) is 0 Å². The van der Waals surface area contributed by atoms with Crippen LogP contribution in [0.1, 0.15) is 30.1 Å². The number of benzene rings is 1. The van der Waals surface area contributed by atoms with E-state index in [0.29, 0.717) is 16.6 Å². The minimum atomic E-state index is 0.0825. The fraction of sp³-hybridized carbons (Fsp3) is 0.500. The quantitative estimate of drug-likeness (QED) is 0.908. The van der Waals surface area contributed by atoms with Crippen LogP contribution in [0.2, 0.25) is 5.02 Å². The summed E-state index contributed by atoms with van der Waals surface area (Å²) in [5.41, 5.74) is 0.685. The summed E-state index contributed by atoms with van der Waals surface area (Å²) in [6.45, 7) is 4.76. The monoisotopic (exact) mass is 344 g/mol. The topological polar surface area (TPSA) is 32.3 Å². The van der Waals surface area contributed by atoms with E-state index in [9.17, 15) is 4.79 Å². The van der Waals surface area contributed by atoms with E-state index in [1.54, 1.807) is 18.2 Å². The Balaban J connectivity index is 2.22. The fourth-order valence-corrected chi connectivity index (χ4v) is 3.27. The first kappa shape index (κ1) is 14.8. The highest BCUT2D eigenvalue weighted by Gasteiger charge is 2.27. The van der Waals surface area contributed by atoms with Crippen molar-refractivity contribution in [3.63, 3.8) is 0 Å². The second-order valence-electron chi connectivity index (χ2n) is 4.77. The lowest BCUT2D eigenvalue weighted by Gasteiger charge is -2.28. The number of rotatable bonds is 4. The molecule has 1 aliphatic heterocycles. The normalized spacial score (nSPS) is 18.6. The van der Waals surface area contributed by atoms with Gasteiger partial charge in [0.15, 0.2) is 0 Å². The Bertz CT molecular complexity index is 461. The van der Waals surface area contributed by atoms with Crippen molar-refractivity contribution in [3.05, 3.63) is 33.3 Å². The van der Waals surface area contributed by atoms with Crippen molar-refractivity contribution in [1.82, 2.24) is 10.2 Å². The molecule has 0 radical (unpaired) electrons. The number of nitrogens with one attached hydrogen (secondary N) is 1. The van der Waals surface area contributed by atoms with Gasteiger partial charge in [-0.3, -0.25) is 4.79 Å². The number of nitrogens with zero attached hydrogens (tertiary/aromatic N) is 1. The van der Waals surface area contributed by atoms with Gasteiger partial charge in [-0.25, -0.2) is 0 Å². The summed E-state index contributed by atoms with van der Waals surface area (Å²) >= 11 is 9.35. The number of hydrogen-bond donors (Lipinski definition) is 1. The minimum Gasteiger partial charge on any atom is -0.334 e. The lowest BCUT2D eigenvalue weighted by molar-refractivity contribution is 0.0691. The van der Waals surface area contributed by atoms with Gasteiger partial charge in [0.25, 0.3) is 5.91 Å². The third-order valence-corrected chi connectivity index (χ3v) is 4.25. The molecular weight excluding hydrogens is 328 g/mol. The van der Waals surface area contributed by atoms with Crippen LogP contribution in [-0.2, 0) is 0 Å². The summed E-state index contributed by atoms with van der Waals surface area (Å²) in [5, 5.41) is 3.95. The zero-order chi connectivity index (χ0) is 13.8. The Hall–Kier alpha value is -0.580. The first-order chi connectivity index (χ1) is 9.13. The van der Waals surface area contributed by atoms with E-state index >= 15 is 0 Å². The number of hydrogen-bond acceptors (Lipinski definition) is 2. The average molecular weight is 346 g/mol.